The van der Waals surface area contributed by atoms with Crippen molar-refractivity contribution in [2.45, 2.75) is 38.6 Å². The van der Waals surface area contributed by atoms with Gasteiger partial charge >= 0.3 is 6.03 Å². The van der Waals surface area contributed by atoms with Crippen LogP contribution in [-0.4, -0.2) is 44.7 Å². The Balaban J connectivity index is 1.74. The van der Waals surface area contributed by atoms with Gasteiger partial charge in [-0.15, -0.1) is 0 Å². The Morgan fingerprint density at radius 1 is 1.17 bits per heavy atom. The quantitative estimate of drug-likeness (QED) is 0.667. The second-order valence-electron chi connectivity index (χ2n) is 6.69. The fourth-order valence-electron chi connectivity index (χ4n) is 2.85. The summed E-state index contributed by atoms with van der Waals surface area (Å²) in [5.41, 5.74) is 0.307. The molecule has 0 spiro atoms. The Bertz CT molecular complexity index is 644. The van der Waals surface area contributed by atoms with Gasteiger partial charge in [-0.25, -0.2) is 17.9 Å². The number of nitrogens with zero attached hydrogens (tertiary/aromatic N) is 1. The zero-order valence-corrected chi connectivity index (χ0v) is 15.2. The third-order valence-electron chi connectivity index (χ3n) is 4.19. The van der Waals surface area contributed by atoms with Gasteiger partial charge in [0.25, 0.3) is 0 Å². The maximum Gasteiger partial charge on any atom is 0.317 e. The topological polar surface area (TPSA) is 78.5 Å². The Kier molecular flexibility index (Phi) is 6.23. The van der Waals surface area contributed by atoms with Crippen LogP contribution in [0, 0.1) is 0 Å². The molecule has 1 heterocycles. The molecule has 2 rings (SSSR count). The summed E-state index contributed by atoms with van der Waals surface area (Å²) in [6.45, 7) is 5.86. The molecule has 1 aliphatic rings. The first kappa shape index (κ1) is 18.7. The van der Waals surface area contributed by atoms with Crippen molar-refractivity contribution in [1.29, 1.82) is 0 Å². The second kappa shape index (κ2) is 7.98. The Hall–Kier alpha value is -1.60. The van der Waals surface area contributed by atoms with E-state index in [1.54, 1.807) is 4.90 Å². The highest BCUT2D eigenvalue weighted by Crippen LogP contribution is 2.20. The molecule has 2 N–H and O–H groups in total. The number of carbonyl (C=O) groups excluding carboxylic acids is 1. The fraction of sp³-hybridized carbons (Fsp3) is 0.588. The molecule has 0 aromatic heterocycles. The molecule has 6 nitrogen and oxygen atoms in total. The van der Waals surface area contributed by atoms with E-state index in [-0.39, 0.29) is 11.8 Å². The smallest absolute Gasteiger partial charge is 0.317 e. The predicted octanol–water partition coefficient (Wildman–Crippen LogP) is 2.04. The number of benzene rings is 1. The van der Waals surface area contributed by atoms with Crippen molar-refractivity contribution in [3.8, 4) is 0 Å². The molecule has 134 valence electrons. The monoisotopic (exact) mass is 353 g/mol. The number of hydrogen-bond acceptors (Lipinski definition) is 3. The molecule has 1 fully saturated rings. The zero-order valence-electron chi connectivity index (χ0n) is 14.4. The van der Waals surface area contributed by atoms with Gasteiger partial charge in [-0.3, -0.25) is 0 Å². The van der Waals surface area contributed by atoms with Crippen LogP contribution in [0.1, 0.15) is 38.7 Å². The molecule has 1 aromatic carbocycles. The van der Waals surface area contributed by atoms with Gasteiger partial charge in [0, 0.05) is 19.6 Å². The standard InChI is InChI=1S/C17H27N3O3S/c1-17(2,15-9-5-3-6-10-15)19-24(22,23)14-8-4-7-12-20-13-11-18-16(20)21/h3,5-6,9-10,19H,4,7-8,11-14H2,1-2H3,(H,18,21). The van der Waals surface area contributed by atoms with E-state index in [0.29, 0.717) is 19.5 Å². The minimum Gasteiger partial charge on any atom is -0.336 e. The van der Waals surface area contributed by atoms with Gasteiger partial charge in [0.1, 0.15) is 0 Å². The maximum atomic E-state index is 12.3. The molecule has 0 saturated carbocycles. The Morgan fingerprint density at radius 3 is 2.50 bits per heavy atom. The first-order valence-corrected chi connectivity index (χ1v) is 10.1. The van der Waals surface area contributed by atoms with E-state index < -0.39 is 15.6 Å². The van der Waals surface area contributed by atoms with Crippen molar-refractivity contribution in [3.05, 3.63) is 35.9 Å². The molecular weight excluding hydrogens is 326 g/mol. The number of nitrogens with one attached hydrogen (secondary N) is 2. The first-order chi connectivity index (χ1) is 11.3. The molecule has 1 aliphatic heterocycles. The van der Waals surface area contributed by atoms with Crippen molar-refractivity contribution in [1.82, 2.24) is 14.9 Å². The van der Waals surface area contributed by atoms with Gasteiger partial charge in [-0.2, -0.15) is 0 Å². The minimum absolute atomic E-state index is 0.0195. The van der Waals surface area contributed by atoms with E-state index in [9.17, 15) is 13.2 Å². The van der Waals surface area contributed by atoms with Crippen molar-refractivity contribution in [2.24, 2.45) is 0 Å². The van der Waals surface area contributed by atoms with Crippen molar-refractivity contribution < 1.29 is 13.2 Å². The number of rotatable bonds is 9. The molecule has 0 atom stereocenters. The van der Waals surface area contributed by atoms with Crippen molar-refractivity contribution in [3.63, 3.8) is 0 Å². The molecule has 7 heteroatoms. The van der Waals surface area contributed by atoms with Crippen LogP contribution in [0.15, 0.2) is 30.3 Å². The molecule has 24 heavy (non-hydrogen) atoms. The van der Waals surface area contributed by atoms with Gasteiger partial charge in [-0.1, -0.05) is 36.8 Å². The Morgan fingerprint density at radius 2 is 1.88 bits per heavy atom. The minimum atomic E-state index is -3.34. The van der Waals surface area contributed by atoms with Crippen LogP contribution in [0.4, 0.5) is 4.79 Å². The van der Waals surface area contributed by atoms with E-state index >= 15 is 0 Å². The first-order valence-electron chi connectivity index (χ1n) is 8.40. The summed E-state index contributed by atoms with van der Waals surface area (Å²) in [5.74, 6) is 0.107. The van der Waals surface area contributed by atoms with Crippen LogP contribution in [0.25, 0.3) is 0 Å². The molecule has 0 radical (unpaired) electrons. The normalized spacial score (nSPS) is 15.6. The summed E-state index contributed by atoms with van der Waals surface area (Å²) in [6.07, 6.45) is 2.21. The highest BCUT2D eigenvalue weighted by Gasteiger charge is 2.26. The summed E-state index contributed by atoms with van der Waals surface area (Å²) in [4.78, 5) is 13.2. The van der Waals surface area contributed by atoms with Gasteiger partial charge in [-0.05, 0) is 32.3 Å². The van der Waals surface area contributed by atoms with Gasteiger partial charge in [0.2, 0.25) is 10.0 Å². The number of sulfonamides is 1. The van der Waals surface area contributed by atoms with E-state index in [2.05, 4.69) is 10.0 Å². The number of carbonyl (C=O) groups is 1. The molecule has 0 unspecified atom stereocenters. The fourth-order valence-corrected chi connectivity index (χ4v) is 4.43. The maximum absolute atomic E-state index is 12.3. The molecule has 1 saturated heterocycles. The largest absolute Gasteiger partial charge is 0.336 e. The summed E-state index contributed by atoms with van der Waals surface area (Å²) < 4.78 is 27.4. The zero-order chi connectivity index (χ0) is 17.6. The molecule has 1 aromatic rings. The van der Waals surface area contributed by atoms with Gasteiger partial charge < -0.3 is 10.2 Å². The summed E-state index contributed by atoms with van der Waals surface area (Å²) in [6, 6.07) is 9.54. The predicted molar refractivity (Wildman–Crippen MR) is 95.2 cm³/mol. The SMILES string of the molecule is CC(C)(NS(=O)(=O)CCCCCN1CCNC1=O)c1ccccc1. The lowest BCUT2D eigenvalue weighted by molar-refractivity contribution is 0.216. The molecular formula is C17H27N3O3S. The van der Waals surface area contributed by atoms with Crippen molar-refractivity contribution >= 4 is 16.1 Å². The van der Waals surface area contributed by atoms with Gasteiger partial charge in [0.15, 0.2) is 0 Å². The van der Waals surface area contributed by atoms with E-state index in [1.165, 1.54) is 0 Å². The lowest BCUT2D eigenvalue weighted by Gasteiger charge is -2.26. The highest BCUT2D eigenvalue weighted by molar-refractivity contribution is 7.89. The summed E-state index contributed by atoms with van der Waals surface area (Å²) in [7, 11) is -3.34. The lowest BCUT2D eigenvalue weighted by Crippen LogP contribution is -2.42. The van der Waals surface area contributed by atoms with Crippen LogP contribution in [0.3, 0.4) is 0 Å². The second-order valence-corrected chi connectivity index (χ2v) is 8.53. The summed E-state index contributed by atoms with van der Waals surface area (Å²) in [5, 5.41) is 2.76. The number of amides is 2. The van der Waals surface area contributed by atoms with Crippen LogP contribution < -0.4 is 10.0 Å². The number of unbranched alkanes of at least 4 members (excludes halogenated alkanes) is 2. The molecule has 0 aliphatic carbocycles. The number of urea groups is 1. The van der Waals surface area contributed by atoms with Gasteiger partial charge in [0.05, 0.1) is 11.3 Å². The number of hydrogen-bond donors (Lipinski definition) is 2. The Labute approximate surface area is 144 Å². The van der Waals surface area contributed by atoms with E-state index in [0.717, 1.165) is 24.9 Å². The van der Waals surface area contributed by atoms with Crippen molar-refractivity contribution in [2.75, 3.05) is 25.4 Å². The van der Waals surface area contributed by atoms with E-state index in [4.69, 9.17) is 0 Å². The van der Waals surface area contributed by atoms with Crippen LogP contribution >= 0.6 is 0 Å². The van der Waals surface area contributed by atoms with Crippen LogP contribution in [-0.2, 0) is 15.6 Å². The summed E-state index contributed by atoms with van der Waals surface area (Å²) >= 11 is 0. The average Bonchev–Trinajstić information content (AvgIpc) is 2.92. The molecule has 0 bridgehead atoms. The van der Waals surface area contributed by atoms with Crippen LogP contribution in [0.5, 0.6) is 0 Å². The molecule has 2 amide bonds. The average molecular weight is 353 g/mol. The lowest BCUT2D eigenvalue weighted by atomic mass is 9.96. The van der Waals surface area contributed by atoms with E-state index in [1.807, 2.05) is 44.2 Å². The highest BCUT2D eigenvalue weighted by atomic mass is 32.2. The third-order valence-corrected chi connectivity index (χ3v) is 5.84. The third kappa shape index (κ3) is 5.49. The van der Waals surface area contributed by atoms with Crippen LogP contribution in [0.2, 0.25) is 0 Å².